The summed E-state index contributed by atoms with van der Waals surface area (Å²) in [5.74, 6) is 0.386. The number of sulfonamides is 1. The standard InChI is InChI=1S/C12H10N4O3S2/c1-19-12-7-6-11(14-15-12)16-21(17,18)10-4-2-9(3-5-10)13-8-20/h2-7H,1H3,(H,14,16). The number of methoxy groups -OCH3 is 1. The van der Waals surface area contributed by atoms with Crippen molar-refractivity contribution in [3.8, 4) is 5.88 Å². The van der Waals surface area contributed by atoms with Crippen LogP contribution in [0.5, 0.6) is 5.88 Å². The van der Waals surface area contributed by atoms with Crippen LogP contribution < -0.4 is 9.46 Å². The predicted octanol–water partition coefficient (Wildman–Crippen LogP) is 2.02. The molecule has 1 aromatic carbocycles. The number of aromatic nitrogens is 2. The summed E-state index contributed by atoms with van der Waals surface area (Å²) >= 11 is 4.47. The summed E-state index contributed by atoms with van der Waals surface area (Å²) in [5, 5.41) is 9.59. The van der Waals surface area contributed by atoms with Crippen LogP contribution in [0.3, 0.4) is 0 Å². The van der Waals surface area contributed by atoms with Gasteiger partial charge in [-0.05, 0) is 42.5 Å². The smallest absolute Gasteiger partial charge is 0.263 e. The minimum absolute atomic E-state index is 0.0726. The fourth-order valence-electron chi connectivity index (χ4n) is 1.43. The number of hydrogen-bond donors (Lipinski definition) is 1. The van der Waals surface area contributed by atoms with Crippen molar-refractivity contribution in [2.24, 2.45) is 4.99 Å². The van der Waals surface area contributed by atoms with Gasteiger partial charge in [0, 0.05) is 6.07 Å². The van der Waals surface area contributed by atoms with Gasteiger partial charge in [-0.2, -0.15) is 4.99 Å². The van der Waals surface area contributed by atoms with Crippen LogP contribution in [0.1, 0.15) is 0 Å². The third kappa shape index (κ3) is 3.82. The van der Waals surface area contributed by atoms with Crippen LogP contribution in [-0.2, 0) is 10.0 Å². The molecule has 0 atom stereocenters. The highest BCUT2D eigenvalue weighted by molar-refractivity contribution is 7.92. The summed E-state index contributed by atoms with van der Waals surface area (Å²) in [6.45, 7) is 0. The predicted molar refractivity (Wildman–Crippen MR) is 80.5 cm³/mol. The average molecular weight is 322 g/mol. The van der Waals surface area contributed by atoms with E-state index in [1.807, 2.05) is 0 Å². The third-order valence-electron chi connectivity index (χ3n) is 2.41. The fourth-order valence-corrected chi connectivity index (χ4v) is 2.53. The number of isothiocyanates is 1. The Morgan fingerprint density at radius 3 is 2.43 bits per heavy atom. The molecule has 108 valence electrons. The van der Waals surface area contributed by atoms with Crippen molar-refractivity contribution in [3.05, 3.63) is 36.4 Å². The van der Waals surface area contributed by atoms with Crippen molar-refractivity contribution < 1.29 is 13.2 Å². The number of hydrogen-bond acceptors (Lipinski definition) is 7. The number of benzene rings is 1. The second kappa shape index (κ2) is 6.40. The summed E-state index contributed by atoms with van der Waals surface area (Å²) in [5.41, 5.74) is 0.521. The van der Waals surface area contributed by atoms with Crippen LogP contribution in [0.25, 0.3) is 0 Å². The second-order valence-corrected chi connectivity index (χ2v) is 5.63. The van der Waals surface area contributed by atoms with Crippen molar-refractivity contribution in [1.82, 2.24) is 10.2 Å². The maximum Gasteiger partial charge on any atom is 0.263 e. The van der Waals surface area contributed by atoms with Gasteiger partial charge in [-0.25, -0.2) is 8.42 Å². The van der Waals surface area contributed by atoms with Crippen molar-refractivity contribution in [2.45, 2.75) is 4.90 Å². The molecule has 0 saturated heterocycles. The van der Waals surface area contributed by atoms with E-state index in [1.165, 1.54) is 43.5 Å². The highest BCUT2D eigenvalue weighted by Gasteiger charge is 2.15. The quantitative estimate of drug-likeness (QED) is 0.668. The van der Waals surface area contributed by atoms with E-state index in [0.717, 1.165) is 0 Å². The van der Waals surface area contributed by atoms with Crippen LogP contribution in [0.2, 0.25) is 0 Å². The molecule has 0 fully saturated rings. The van der Waals surface area contributed by atoms with Gasteiger partial charge in [-0.3, -0.25) is 4.72 Å². The van der Waals surface area contributed by atoms with Gasteiger partial charge in [-0.1, -0.05) is 0 Å². The first-order valence-corrected chi connectivity index (χ1v) is 7.53. The Morgan fingerprint density at radius 2 is 1.90 bits per heavy atom. The van der Waals surface area contributed by atoms with Crippen LogP contribution in [0.4, 0.5) is 11.5 Å². The molecule has 0 bridgehead atoms. The number of anilines is 1. The zero-order chi connectivity index (χ0) is 15.3. The zero-order valence-electron chi connectivity index (χ0n) is 10.8. The van der Waals surface area contributed by atoms with Gasteiger partial charge in [0.05, 0.1) is 22.9 Å². The Bertz CT molecular complexity index is 767. The minimum Gasteiger partial charge on any atom is -0.480 e. The zero-order valence-corrected chi connectivity index (χ0v) is 12.5. The molecule has 1 heterocycles. The SMILES string of the molecule is COc1ccc(NS(=O)(=O)c2ccc(N=C=S)cc2)nn1. The molecule has 7 nitrogen and oxygen atoms in total. The third-order valence-corrected chi connectivity index (χ3v) is 3.87. The summed E-state index contributed by atoms with van der Waals surface area (Å²) in [6.07, 6.45) is 0. The van der Waals surface area contributed by atoms with E-state index in [9.17, 15) is 8.42 Å². The Labute approximate surface area is 126 Å². The van der Waals surface area contributed by atoms with E-state index in [4.69, 9.17) is 4.74 Å². The van der Waals surface area contributed by atoms with Gasteiger partial charge in [-0.15, -0.1) is 10.2 Å². The number of nitrogens with zero attached hydrogens (tertiary/aromatic N) is 3. The van der Waals surface area contributed by atoms with Crippen LogP contribution in [0, 0.1) is 0 Å². The monoisotopic (exact) mass is 322 g/mol. The molecule has 1 aromatic heterocycles. The molecular formula is C12H10N4O3S2. The average Bonchev–Trinajstić information content (AvgIpc) is 2.48. The number of rotatable bonds is 5. The maximum absolute atomic E-state index is 12.1. The summed E-state index contributed by atoms with van der Waals surface area (Å²) < 4.78 is 31.5. The lowest BCUT2D eigenvalue weighted by Gasteiger charge is -2.07. The Hall–Kier alpha value is -2.35. The summed E-state index contributed by atoms with van der Waals surface area (Å²) in [6, 6.07) is 8.81. The van der Waals surface area contributed by atoms with Gasteiger partial charge in [0.2, 0.25) is 5.88 Å². The number of nitrogens with one attached hydrogen (secondary N) is 1. The van der Waals surface area contributed by atoms with Gasteiger partial charge >= 0.3 is 0 Å². The molecule has 21 heavy (non-hydrogen) atoms. The molecule has 0 spiro atoms. The first-order valence-electron chi connectivity index (χ1n) is 5.63. The lowest BCUT2D eigenvalue weighted by Crippen LogP contribution is -2.14. The van der Waals surface area contributed by atoms with Crippen LogP contribution in [0.15, 0.2) is 46.3 Å². The van der Waals surface area contributed by atoms with Crippen LogP contribution >= 0.6 is 12.2 Å². The van der Waals surface area contributed by atoms with Crippen molar-refractivity contribution >= 4 is 38.9 Å². The summed E-state index contributed by atoms with van der Waals surface area (Å²) in [7, 11) is -2.30. The van der Waals surface area contributed by atoms with Gasteiger partial charge in [0.25, 0.3) is 10.0 Å². The Balaban J connectivity index is 2.22. The minimum atomic E-state index is -3.75. The van der Waals surface area contributed by atoms with Crippen LogP contribution in [-0.4, -0.2) is 30.9 Å². The number of ether oxygens (including phenoxy) is 1. The molecule has 2 aromatic rings. The van der Waals surface area contributed by atoms with E-state index in [1.54, 1.807) is 0 Å². The normalized spacial score (nSPS) is 10.5. The highest BCUT2D eigenvalue weighted by Crippen LogP contribution is 2.18. The first kappa shape index (κ1) is 15.0. The van der Waals surface area contributed by atoms with Crippen molar-refractivity contribution in [1.29, 1.82) is 0 Å². The largest absolute Gasteiger partial charge is 0.480 e. The molecule has 0 saturated carbocycles. The molecule has 1 N–H and O–H groups in total. The number of thiocarbonyl (C=S) groups is 1. The summed E-state index contributed by atoms with van der Waals surface area (Å²) in [4.78, 5) is 3.82. The second-order valence-electron chi connectivity index (χ2n) is 3.76. The highest BCUT2D eigenvalue weighted by atomic mass is 32.2. The van der Waals surface area contributed by atoms with E-state index < -0.39 is 10.0 Å². The molecular weight excluding hydrogens is 312 g/mol. The van der Waals surface area contributed by atoms with Gasteiger partial charge in [0.15, 0.2) is 5.82 Å². The molecule has 2 rings (SSSR count). The van der Waals surface area contributed by atoms with E-state index in [2.05, 4.69) is 37.3 Å². The Kier molecular flexibility index (Phi) is 4.59. The number of aliphatic imine (C=N–C) groups is 1. The first-order chi connectivity index (χ1) is 10.0. The lowest BCUT2D eigenvalue weighted by atomic mass is 10.3. The Morgan fingerprint density at radius 1 is 1.19 bits per heavy atom. The molecule has 0 unspecified atom stereocenters. The molecule has 0 amide bonds. The molecule has 0 aliphatic heterocycles. The van der Waals surface area contributed by atoms with Gasteiger partial charge < -0.3 is 4.74 Å². The molecule has 0 radical (unpaired) electrons. The van der Waals surface area contributed by atoms with Crippen molar-refractivity contribution in [3.63, 3.8) is 0 Å². The maximum atomic E-state index is 12.1. The van der Waals surface area contributed by atoms with Crippen molar-refractivity contribution in [2.75, 3.05) is 11.8 Å². The van der Waals surface area contributed by atoms with E-state index in [0.29, 0.717) is 11.6 Å². The molecule has 0 aliphatic carbocycles. The lowest BCUT2D eigenvalue weighted by molar-refractivity contribution is 0.392. The molecule has 9 heteroatoms. The van der Waals surface area contributed by atoms with E-state index in [-0.39, 0.29) is 10.7 Å². The molecule has 0 aliphatic rings. The topological polar surface area (TPSA) is 93.5 Å². The van der Waals surface area contributed by atoms with Gasteiger partial charge in [0.1, 0.15) is 0 Å². The fraction of sp³-hybridized carbons (Fsp3) is 0.0833. The van der Waals surface area contributed by atoms with E-state index >= 15 is 0 Å².